The number of aliphatic hydroxyl groups excluding tert-OH is 1. The van der Waals surface area contributed by atoms with E-state index in [-0.39, 0.29) is 17.7 Å². The largest absolute Gasteiger partial charge is 0.416 e. The average molecular weight is 303 g/mol. The first-order chi connectivity index (χ1) is 9.80. The summed E-state index contributed by atoms with van der Waals surface area (Å²) in [4.78, 5) is 0. The second-order valence-electron chi connectivity index (χ2n) is 5.67. The summed E-state index contributed by atoms with van der Waals surface area (Å²) in [5.41, 5.74) is -0.729. The number of hydrogen-bond donors (Lipinski definition) is 2. The molecule has 2 N–H and O–H groups in total. The lowest BCUT2D eigenvalue weighted by molar-refractivity contribution is -0.137. The van der Waals surface area contributed by atoms with Gasteiger partial charge in [0.25, 0.3) is 0 Å². The first-order valence-corrected chi connectivity index (χ1v) is 7.00. The highest BCUT2D eigenvalue weighted by molar-refractivity contribution is 5.27. The highest BCUT2D eigenvalue weighted by atomic mass is 19.4. The van der Waals surface area contributed by atoms with E-state index >= 15 is 0 Å². The van der Waals surface area contributed by atoms with Gasteiger partial charge in [0, 0.05) is 19.7 Å². The van der Waals surface area contributed by atoms with Crippen LogP contribution in [-0.4, -0.2) is 30.4 Å². The van der Waals surface area contributed by atoms with Gasteiger partial charge in [0.15, 0.2) is 0 Å². The second-order valence-corrected chi connectivity index (χ2v) is 5.67. The zero-order valence-electron chi connectivity index (χ0n) is 11.9. The first kappa shape index (κ1) is 16.3. The topological polar surface area (TPSA) is 41.5 Å². The van der Waals surface area contributed by atoms with Crippen molar-refractivity contribution in [1.82, 2.24) is 5.32 Å². The monoisotopic (exact) mass is 303 g/mol. The van der Waals surface area contributed by atoms with Gasteiger partial charge in [0.05, 0.1) is 17.3 Å². The fourth-order valence-corrected chi connectivity index (χ4v) is 2.49. The third-order valence-electron chi connectivity index (χ3n) is 3.74. The quantitative estimate of drug-likeness (QED) is 0.879. The molecular formula is C15H20F3NO2. The normalized spacial score (nSPS) is 24.2. The van der Waals surface area contributed by atoms with E-state index in [4.69, 9.17) is 4.74 Å². The van der Waals surface area contributed by atoms with Crippen molar-refractivity contribution in [3.05, 3.63) is 35.4 Å². The van der Waals surface area contributed by atoms with Crippen LogP contribution in [0.25, 0.3) is 0 Å². The van der Waals surface area contributed by atoms with Gasteiger partial charge in [0.1, 0.15) is 0 Å². The molecule has 1 aliphatic rings. The Balaban J connectivity index is 1.90. The number of nitrogens with one attached hydrogen (secondary N) is 1. The van der Waals surface area contributed by atoms with E-state index in [2.05, 4.69) is 5.32 Å². The van der Waals surface area contributed by atoms with Crippen LogP contribution >= 0.6 is 0 Å². The summed E-state index contributed by atoms with van der Waals surface area (Å²) in [7, 11) is 0. The molecule has 0 saturated carbocycles. The molecule has 2 atom stereocenters. The maximum atomic E-state index is 12.6. The minimum Gasteiger partial charge on any atom is -0.387 e. The van der Waals surface area contributed by atoms with Crippen LogP contribution in [0, 0.1) is 0 Å². The minimum atomic E-state index is -4.39. The lowest BCUT2D eigenvalue weighted by Crippen LogP contribution is -2.38. The smallest absolute Gasteiger partial charge is 0.387 e. The Morgan fingerprint density at radius 2 is 2.19 bits per heavy atom. The van der Waals surface area contributed by atoms with Crippen molar-refractivity contribution in [3.8, 4) is 0 Å². The van der Waals surface area contributed by atoms with Crippen LogP contribution in [0.1, 0.15) is 37.0 Å². The number of alkyl halides is 3. The maximum Gasteiger partial charge on any atom is 0.416 e. The van der Waals surface area contributed by atoms with Gasteiger partial charge in [-0.3, -0.25) is 0 Å². The van der Waals surface area contributed by atoms with Crippen molar-refractivity contribution in [2.45, 2.75) is 37.6 Å². The van der Waals surface area contributed by atoms with Crippen LogP contribution in [0.2, 0.25) is 0 Å². The van der Waals surface area contributed by atoms with E-state index in [1.54, 1.807) is 0 Å². The standard InChI is InChI=1S/C15H20F3NO2/c1-14(6-3-7-21-14)10-19-9-13(20)11-4-2-5-12(8-11)15(16,17)18/h2,4-5,8,13,19-20H,3,6-7,9-10H2,1H3. The molecule has 1 heterocycles. The van der Waals surface area contributed by atoms with E-state index in [9.17, 15) is 18.3 Å². The zero-order valence-corrected chi connectivity index (χ0v) is 11.9. The molecule has 1 aliphatic heterocycles. The molecule has 21 heavy (non-hydrogen) atoms. The van der Waals surface area contributed by atoms with Gasteiger partial charge in [0.2, 0.25) is 0 Å². The molecule has 2 rings (SSSR count). The number of benzene rings is 1. The molecule has 0 spiro atoms. The molecule has 0 radical (unpaired) electrons. The lowest BCUT2D eigenvalue weighted by Gasteiger charge is -2.24. The molecule has 0 aliphatic carbocycles. The first-order valence-electron chi connectivity index (χ1n) is 7.00. The van der Waals surface area contributed by atoms with Gasteiger partial charge >= 0.3 is 6.18 Å². The fourth-order valence-electron chi connectivity index (χ4n) is 2.49. The maximum absolute atomic E-state index is 12.6. The van der Waals surface area contributed by atoms with Crippen LogP contribution in [0.5, 0.6) is 0 Å². The zero-order chi connectivity index (χ0) is 15.5. The second kappa shape index (κ2) is 6.34. The summed E-state index contributed by atoms with van der Waals surface area (Å²) in [6.07, 6.45) is -3.42. The molecule has 3 nitrogen and oxygen atoms in total. The SMILES string of the molecule is CC1(CNCC(O)c2cccc(C(F)(F)F)c2)CCCO1. The van der Waals surface area contributed by atoms with Crippen LogP contribution in [0.3, 0.4) is 0 Å². The predicted octanol–water partition coefficient (Wildman–Crippen LogP) is 2.90. The summed E-state index contributed by atoms with van der Waals surface area (Å²) in [5, 5.41) is 13.1. The van der Waals surface area contributed by atoms with E-state index in [0.29, 0.717) is 6.54 Å². The Kier molecular flexibility index (Phi) is 4.91. The molecule has 1 aromatic carbocycles. The molecule has 1 aromatic rings. The van der Waals surface area contributed by atoms with Crippen molar-refractivity contribution in [2.75, 3.05) is 19.7 Å². The molecule has 0 bridgehead atoms. The molecule has 1 saturated heterocycles. The molecule has 0 amide bonds. The van der Waals surface area contributed by atoms with Gasteiger partial charge < -0.3 is 15.2 Å². The van der Waals surface area contributed by atoms with Crippen molar-refractivity contribution in [2.24, 2.45) is 0 Å². The molecule has 1 fully saturated rings. The molecule has 2 unspecified atom stereocenters. The summed E-state index contributed by atoms with van der Waals surface area (Å²) >= 11 is 0. The van der Waals surface area contributed by atoms with E-state index in [1.807, 2.05) is 6.92 Å². The number of halogens is 3. The number of rotatable bonds is 5. The van der Waals surface area contributed by atoms with Crippen molar-refractivity contribution in [3.63, 3.8) is 0 Å². The van der Waals surface area contributed by atoms with Crippen molar-refractivity contribution in [1.29, 1.82) is 0 Å². The molecule has 6 heteroatoms. The van der Waals surface area contributed by atoms with Gasteiger partial charge in [-0.2, -0.15) is 13.2 Å². The van der Waals surface area contributed by atoms with Crippen molar-refractivity contribution >= 4 is 0 Å². The number of aliphatic hydroxyl groups is 1. The van der Waals surface area contributed by atoms with Gasteiger partial charge in [-0.25, -0.2) is 0 Å². The van der Waals surface area contributed by atoms with E-state index < -0.39 is 17.8 Å². The summed E-state index contributed by atoms with van der Waals surface area (Å²) in [6, 6.07) is 4.79. The summed E-state index contributed by atoms with van der Waals surface area (Å²) in [6.45, 7) is 3.49. The summed E-state index contributed by atoms with van der Waals surface area (Å²) < 4.78 is 43.5. The third kappa shape index (κ3) is 4.43. The highest BCUT2D eigenvalue weighted by Crippen LogP contribution is 2.30. The third-order valence-corrected chi connectivity index (χ3v) is 3.74. The lowest BCUT2D eigenvalue weighted by atomic mass is 10.0. The molecule has 118 valence electrons. The van der Waals surface area contributed by atoms with Gasteiger partial charge in [-0.1, -0.05) is 12.1 Å². The molecular weight excluding hydrogens is 283 g/mol. The van der Waals surface area contributed by atoms with Crippen LogP contribution in [-0.2, 0) is 10.9 Å². The average Bonchev–Trinajstić information content (AvgIpc) is 2.85. The Morgan fingerprint density at radius 1 is 1.43 bits per heavy atom. The Hall–Kier alpha value is -1.11. The number of hydrogen-bond acceptors (Lipinski definition) is 3. The van der Waals surface area contributed by atoms with E-state index in [0.717, 1.165) is 31.6 Å². The van der Waals surface area contributed by atoms with E-state index in [1.165, 1.54) is 12.1 Å². The predicted molar refractivity (Wildman–Crippen MR) is 72.9 cm³/mol. The highest BCUT2D eigenvalue weighted by Gasteiger charge is 2.31. The summed E-state index contributed by atoms with van der Waals surface area (Å²) in [5.74, 6) is 0. The molecule has 0 aromatic heterocycles. The van der Waals surface area contributed by atoms with Crippen LogP contribution < -0.4 is 5.32 Å². The van der Waals surface area contributed by atoms with Gasteiger partial charge in [-0.05, 0) is 37.5 Å². The van der Waals surface area contributed by atoms with Crippen LogP contribution in [0.4, 0.5) is 13.2 Å². The van der Waals surface area contributed by atoms with Crippen LogP contribution in [0.15, 0.2) is 24.3 Å². The Bertz CT molecular complexity index is 470. The minimum absolute atomic E-state index is 0.195. The Morgan fingerprint density at radius 3 is 2.81 bits per heavy atom. The Labute approximate surface area is 122 Å². The number of ether oxygens (including phenoxy) is 1. The fraction of sp³-hybridized carbons (Fsp3) is 0.600. The van der Waals surface area contributed by atoms with Crippen molar-refractivity contribution < 1.29 is 23.0 Å². The van der Waals surface area contributed by atoms with Gasteiger partial charge in [-0.15, -0.1) is 0 Å².